The molecule has 3 N–H and O–H groups in total. The summed E-state index contributed by atoms with van der Waals surface area (Å²) in [6.07, 6.45) is 1.96. The van der Waals surface area contributed by atoms with Gasteiger partial charge in [-0.25, -0.2) is 0 Å². The van der Waals surface area contributed by atoms with E-state index in [-0.39, 0.29) is 6.61 Å². The summed E-state index contributed by atoms with van der Waals surface area (Å²) in [6, 6.07) is 15.4. The van der Waals surface area contributed by atoms with Crippen molar-refractivity contribution in [1.82, 2.24) is 20.4 Å². The molecule has 0 saturated heterocycles. The van der Waals surface area contributed by atoms with Gasteiger partial charge in [-0.2, -0.15) is 5.10 Å². The second kappa shape index (κ2) is 11.3. The number of aromatic amines is 1. The van der Waals surface area contributed by atoms with Gasteiger partial charge in [0.25, 0.3) is 0 Å². The van der Waals surface area contributed by atoms with Crippen LogP contribution in [-0.4, -0.2) is 60.6 Å². The lowest BCUT2D eigenvalue weighted by Gasteiger charge is -2.16. The summed E-state index contributed by atoms with van der Waals surface area (Å²) in [5.74, 6) is 1.51. The van der Waals surface area contributed by atoms with Gasteiger partial charge < -0.3 is 24.8 Å². The van der Waals surface area contributed by atoms with Gasteiger partial charge in [0.2, 0.25) is 0 Å². The molecular weight excluding hydrogens is 380 g/mol. The fourth-order valence-corrected chi connectivity index (χ4v) is 3.12. The van der Waals surface area contributed by atoms with E-state index >= 15 is 0 Å². The Morgan fingerprint density at radius 2 is 1.83 bits per heavy atom. The van der Waals surface area contributed by atoms with E-state index in [2.05, 4.69) is 27.5 Å². The molecule has 0 bridgehead atoms. The molecule has 0 fully saturated rings. The molecule has 30 heavy (non-hydrogen) atoms. The van der Waals surface area contributed by atoms with Crippen molar-refractivity contribution in [3.05, 3.63) is 65.9 Å². The van der Waals surface area contributed by atoms with Gasteiger partial charge in [-0.1, -0.05) is 12.1 Å². The lowest BCUT2D eigenvalue weighted by molar-refractivity contribution is 0.216. The van der Waals surface area contributed by atoms with E-state index < -0.39 is 0 Å². The Labute approximate surface area is 177 Å². The first-order valence-electron chi connectivity index (χ1n) is 10.1. The zero-order valence-electron chi connectivity index (χ0n) is 17.6. The average molecular weight is 411 g/mol. The lowest BCUT2D eigenvalue weighted by atomic mass is 10.1. The number of hydrogen-bond acceptors (Lipinski definition) is 6. The van der Waals surface area contributed by atoms with E-state index in [1.165, 1.54) is 5.56 Å². The largest absolute Gasteiger partial charge is 0.490 e. The molecule has 3 aromatic rings. The Morgan fingerprint density at radius 1 is 1.07 bits per heavy atom. The van der Waals surface area contributed by atoms with Crippen molar-refractivity contribution in [3.63, 3.8) is 0 Å². The van der Waals surface area contributed by atoms with Crippen LogP contribution in [0, 0.1) is 0 Å². The number of hydrogen-bond donors (Lipinski definition) is 3. The predicted molar refractivity (Wildman–Crippen MR) is 118 cm³/mol. The molecule has 7 nitrogen and oxygen atoms in total. The zero-order chi connectivity index (χ0) is 21.2. The van der Waals surface area contributed by atoms with Crippen LogP contribution >= 0.6 is 0 Å². The Balaban J connectivity index is 1.50. The molecule has 160 valence electrons. The molecule has 7 heteroatoms. The molecule has 0 saturated carbocycles. The van der Waals surface area contributed by atoms with Gasteiger partial charge in [-0.3, -0.25) is 5.10 Å². The molecule has 3 rings (SSSR count). The first-order valence-corrected chi connectivity index (χ1v) is 10.1. The number of nitrogens with zero attached hydrogens (tertiary/aromatic N) is 2. The molecule has 0 atom stereocenters. The van der Waals surface area contributed by atoms with E-state index in [9.17, 15) is 5.11 Å². The summed E-state index contributed by atoms with van der Waals surface area (Å²) in [4.78, 5) is 2.26. The Kier molecular flexibility index (Phi) is 8.26. The van der Waals surface area contributed by atoms with Gasteiger partial charge in [-0.15, -0.1) is 0 Å². The third-order valence-corrected chi connectivity index (χ3v) is 4.73. The van der Waals surface area contributed by atoms with E-state index in [1.54, 1.807) is 0 Å². The summed E-state index contributed by atoms with van der Waals surface area (Å²) < 4.78 is 11.5. The maximum atomic E-state index is 9.18. The van der Waals surface area contributed by atoms with Gasteiger partial charge in [0, 0.05) is 37.0 Å². The minimum Gasteiger partial charge on any atom is -0.490 e. The summed E-state index contributed by atoms with van der Waals surface area (Å²) in [5.41, 5.74) is 4.01. The molecule has 1 heterocycles. The van der Waals surface area contributed by atoms with Gasteiger partial charge in [-0.05, 0) is 56.1 Å². The van der Waals surface area contributed by atoms with Crippen molar-refractivity contribution in [1.29, 1.82) is 0 Å². The topological polar surface area (TPSA) is 82.6 Å². The number of nitrogens with one attached hydrogen (secondary N) is 2. The fraction of sp³-hybridized carbons (Fsp3) is 0.348. The highest BCUT2D eigenvalue weighted by molar-refractivity contribution is 5.63. The average Bonchev–Trinajstić information content (AvgIpc) is 3.24. The SMILES string of the molecule is CNCCN(C)Cc1c[nH]nc1-c1ccc(OCCOc2cccc(CO)c2)cc1. The summed E-state index contributed by atoms with van der Waals surface area (Å²) in [6.45, 7) is 3.63. The zero-order valence-corrected chi connectivity index (χ0v) is 17.6. The number of ether oxygens (including phenoxy) is 2. The summed E-state index contributed by atoms with van der Waals surface area (Å²) in [5, 5.41) is 19.8. The van der Waals surface area contributed by atoms with E-state index in [4.69, 9.17) is 9.47 Å². The molecule has 2 aromatic carbocycles. The van der Waals surface area contributed by atoms with Crippen LogP contribution < -0.4 is 14.8 Å². The number of likely N-dealkylation sites (N-methyl/N-ethyl adjacent to an activating group) is 2. The molecule has 0 aliphatic heterocycles. The Morgan fingerprint density at radius 3 is 2.57 bits per heavy atom. The van der Waals surface area contributed by atoms with Gasteiger partial charge in [0.15, 0.2) is 0 Å². The number of benzene rings is 2. The first-order chi connectivity index (χ1) is 14.7. The van der Waals surface area contributed by atoms with Crippen LogP contribution in [0.15, 0.2) is 54.7 Å². The molecule has 0 aliphatic rings. The van der Waals surface area contributed by atoms with E-state index in [1.807, 2.05) is 61.8 Å². The number of rotatable bonds is 12. The second-order valence-corrected chi connectivity index (χ2v) is 7.13. The maximum absolute atomic E-state index is 9.18. The quantitative estimate of drug-likeness (QED) is 0.398. The van der Waals surface area contributed by atoms with Gasteiger partial charge in [0.05, 0.1) is 12.3 Å². The number of H-pyrrole nitrogens is 1. The van der Waals surface area contributed by atoms with Crippen LogP contribution in [0.4, 0.5) is 0 Å². The molecule has 1 aromatic heterocycles. The summed E-state index contributed by atoms with van der Waals surface area (Å²) in [7, 11) is 4.06. The maximum Gasteiger partial charge on any atom is 0.122 e. The predicted octanol–water partition coefficient (Wildman–Crippen LogP) is 2.68. The lowest BCUT2D eigenvalue weighted by Crippen LogP contribution is -2.26. The highest BCUT2D eigenvalue weighted by Crippen LogP contribution is 2.24. The molecular formula is C23H30N4O3. The number of aromatic nitrogens is 2. The Bertz CT molecular complexity index is 895. The normalized spacial score (nSPS) is 11.1. The van der Waals surface area contributed by atoms with Crippen LogP contribution in [0.2, 0.25) is 0 Å². The smallest absolute Gasteiger partial charge is 0.122 e. The van der Waals surface area contributed by atoms with Crippen molar-refractivity contribution < 1.29 is 14.6 Å². The monoisotopic (exact) mass is 410 g/mol. The van der Waals surface area contributed by atoms with Crippen LogP contribution in [-0.2, 0) is 13.2 Å². The standard InChI is InChI=1S/C23H30N4O3/c1-24-10-11-27(2)16-20-15-25-26-23(20)19-6-8-21(9-7-19)29-12-13-30-22-5-3-4-18(14-22)17-28/h3-9,14-15,24,28H,10-13,16-17H2,1-2H3,(H,25,26). The highest BCUT2D eigenvalue weighted by Gasteiger charge is 2.11. The highest BCUT2D eigenvalue weighted by atomic mass is 16.5. The minimum absolute atomic E-state index is 0.00397. The van der Waals surface area contributed by atoms with Crippen molar-refractivity contribution in [2.24, 2.45) is 0 Å². The molecule has 0 amide bonds. The van der Waals surface area contributed by atoms with Gasteiger partial charge >= 0.3 is 0 Å². The van der Waals surface area contributed by atoms with Crippen LogP contribution in [0.25, 0.3) is 11.3 Å². The van der Waals surface area contributed by atoms with Crippen molar-refractivity contribution >= 4 is 0 Å². The fourth-order valence-electron chi connectivity index (χ4n) is 3.12. The van der Waals surface area contributed by atoms with Crippen LogP contribution in [0.5, 0.6) is 11.5 Å². The van der Waals surface area contributed by atoms with E-state index in [0.29, 0.717) is 13.2 Å². The third kappa shape index (κ3) is 6.32. The van der Waals surface area contributed by atoms with Gasteiger partial charge in [0.1, 0.15) is 24.7 Å². The van der Waals surface area contributed by atoms with E-state index in [0.717, 1.165) is 48.0 Å². The summed E-state index contributed by atoms with van der Waals surface area (Å²) >= 11 is 0. The minimum atomic E-state index is 0.00397. The second-order valence-electron chi connectivity index (χ2n) is 7.13. The molecule has 0 unspecified atom stereocenters. The molecule has 0 radical (unpaired) electrons. The van der Waals surface area contributed by atoms with Crippen molar-refractivity contribution in [2.75, 3.05) is 40.4 Å². The molecule has 0 spiro atoms. The van der Waals surface area contributed by atoms with Crippen LogP contribution in [0.3, 0.4) is 0 Å². The number of aliphatic hydroxyl groups excluding tert-OH is 1. The number of aliphatic hydroxyl groups is 1. The van der Waals surface area contributed by atoms with Crippen molar-refractivity contribution in [2.45, 2.75) is 13.2 Å². The van der Waals surface area contributed by atoms with Crippen LogP contribution in [0.1, 0.15) is 11.1 Å². The molecule has 0 aliphatic carbocycles. The van der Waals surface area contributed by atoms with Crippen molar-refractivity contribution in [3.8, 4) is 22.8 Å². The Hall–Kier alpha value is -2.87. The first kappa shape index (κ1) is 21.8. The third-order valence-electron chi connectivity index (χ3n) is 4.73.